The van der Waals surface area contributed by atoms with Gasteiger partial charge < -0.3 is 24.4 Å². The Kier molecular flexibility index (Phi) is 10.3. The molecule has 0 unspecified atom stereocenters. The molecule has 0 heterocycles. The van der Waals surface area contributed by atoms with Crippen LogP contribution in [0.3, 0.4) is 0 Å². The summed E-state index contributed by atoms with van der Waals surface area (Å²) in [6.07, 6.45) is 0.538. The van der Waals surface area contributed by atoms with Gasteiger partial charge >= 0.3 is 0 Å². The molecule has 212 valence electrons. The van der Waals surface area contributed by atoms with Crippen LogP contribution in [0.5, 0.6) is 17.2 Å². The van der Waals surface area contributed by atoms with Gasteiger partial charge in [-0.3, -0.25) is 9.59 Å². The van der Waals surface area contributed by atoms with Crippen molar-refractivity contribution in [2.24, 2.45) is 0 Å². The van der Waals surface area contributed by atoms with Crippen LogP contribution in [0, 0.1) is 5.82 Å². The molecule has 41 heavy (non-hydrogen) atoms. The van der Waals surface area contributed by atoms with Gasteiger partial charge in [-0.15, -0.1) is 0 Å². The van der Waals surface area contributed by atoms with E-state index in [1.165, 1.54) is 17.0 Å². The van der Waals surface area contributed by atoms with Crippen molar-refractivity contribution in [1.29, 1.82) is 0 Å². The van der Waals surface area contributed by atoms with Crippen LogP contribution in [0.4, 0.5) is 4.39 Å². The molecular weight excluding hydrogens is 523 g/mol. The van der Waals surface area contributed by atoms with Crippen molar-refractivity contribution < 1.29 is 28.2 Å². The van der Waals surface area contributed by atoms with Crippen LogP contribution >= 0.6 is 0 Å². The standard InChI is InChI=1S/C33H33FN2O5/c1-39-29-18-15-24(21-30(29)40-2)19-20-35-33(38)32(26-9-5-3-6-10-26)36(22-25-13-16-27(34)17-14-25)31(37)23-41-28-11-7-4-8-12-28/h3-18,21,32H,19-20,22-23H2,1-2H3,(H,35,38)/t32-/m1/s1. The second kappa shape index (κ2) is 14.5. The lowest BCUT2D eigenvalue weighted by atomic mass is 10.0. The number of halogens is 1. The predicted octanol–water partition coefficient (Wildman–Crippen LogP) is 5.35. The lowest BCUT2D eigenvalue weighted by molar-refractivity contribution is -0.143. The number of nitrogens with zero attached hydrogens (tertiary/aromatic N) is 1. The summed E-state index contributed by atoms with van der Waals surface area (Å²) in [4.78, 5) is 28.9. The van der Waals surface area contributed by atoms with Gasteiger partial charge in [0.1, 0.15) is 17.6 Å². The van der Waals surface area contributed by atoms with Crippen LogP contribution in [0.25, 0.3) is 0 Å². The average molecular weight is 557 g/mol. The molecule has 0 aliphatic rings. The zero-order valence-electron chi connectivity index (χ0n) is 23.1. The van der Waals surface area contributed by atoms with Gasteiger partial charge in [0.2, 0.25) is 5.91 Å². The molecule has 7 nitrogen and oxygen atoms in total. The van der Waals surface area contributed by atoms with E-state index in [-0.39, 0.29) is 30.8 Å². The van der Waals surface area contributed by atoms with Crippen molar-refractivity contribution >= 4 is 11.8 Å². The van der Waals surface area contributed by atoms with Gasteiger partial charge in [-0.1, -0.05) is 66.7 Å². The number of methoxy groups -OCH3 is 2. The fourth-order valence-corrected chi connectivity index (χ4v) is 4.43. The van der Waals surface area contributed by atoms with Gasteiger partial charge in [0.25, 0.3) is 5.91 Å². The van der Waals surface area contributed by atoms with Crippen LogP contribution in [0.2, 0.25) is 0 Å². The number of ether oxygens (including phenoxy) is 3. The number of rotatable bonds is 13. The Labute approximate surface area is 239 Å². The SMILES string of the molecule is COc1ccc(CCNC(=O)[C@@H](c2ccccc2)N(Cc2ccc(F)cc2)C(=O)COc2ccccc2)cc1OC. The third-order valence-electron chi connectivity index (χ3n) is 6.53. The summed E-state index contributed by atoms with van der Waals surface area (Å²) in [6.45, 7) is 0.143. The smallest absolute Gasteiger partial charge is 0.261 e. The maximum absolute atomic E-state index is 13.8. The summed E-state index contributed by atoms with van der Waals surface area (Å²) in [5, 5.41) is 2.99. The highest BCUT2D eigenvalue weighted by molar-refractivity contribution is 5.89. The van der Waals surface area contributed by atoms with Gasteiger partial charge in [0.15, 0.2) is 18.1 Å². The first kappa shape index (κ1) is 29.1. The van der Waals surface area contributed by atoms with E-state index in [0.29, 0.717) is 41.3 Å². The fraction of sp³-hybridized carbons (Fsp3) is 0.212. The molecule has 0 saturated carbocycles. The van der Waals surface area contributed by atoms with Gasteiger partial charge in [-0.05, 0) is 59.5 Å². The first-order valence-corrected chi connectivity index (χ1v) is 13.2. The molecule has 4 aromatic rings. The molecule has 8 heteroatoms. The van der Waals surface area contributed by atoms with Gasteiger partial charge in [0.05, 0.1) is 14.2 Å². The number of carbonyl (C=O) groups is 2. The van der Waals surface area contributed by atoms with E-state index in [2.05, 4.69) is 5.32 Å². The molecule has 4 aromatic carbocycles. The monoisotopic (exact) mass is 556 g/mol. The quantitative estimate of drug-likeness (QED) is 0.240. The number of hydrogen-bond donors (Lipinski definition) is 1. The van der Waals surface area contributed by atoms with Crippen molar-refractivity contribution in [1.82, 2.24) is 10.2 Å². The second-order valence-electron chi connectivity index (χ2n) is 9.29. The number of benzene rings is 4. The number of nitrogens with one attached hydrogen (secondary N) is 1. The lowest BCUT2D eigenvalue weighted by Crippen LogP contribution is -2.45. The molecule has 0 aromatic heterocycles. The summed E-state index contributed by atoms with van der Waals surface area (Å²) >= 11 is 0. The highest BCUT2D eigenvalue weighted by atomic mass is 19.1. The Balaban J connectivity index is 1.56. The van der Waals surface area contributed by atoms with Crippen molar-refractivity contribution in [3.8, 4) is 17.2 Å². The molecule has 1 N–H and O–H groups in total. The van der Waals surface area contributed by atoms with Gasteiger partial charge in [0, 0.05) is 13.1 Å². The predicted molar refractivity (Wildman–Crippen MR) is 154 cm³/mol. The molecule has 0 aliphatic carbocycles. The summed E-state index contributed by atoms with van der Waals surface area (Å²) < 4.78 is 30.1. The Morgan fingerprint density at radius 1 is 0.805 bits per heavy atom. The molecule has 0 fully saturated rings. The number of hydrogen-bond acceptors (Lipinski definition) is 5. The first-order valence-electron chi connectivity index (χ1n) is 13.2. The normalized spacial score (nSPS) is 11.3. The highest BCUT2D eigenvalue weighted by Gasteiger charge is 2.31. The van der Waals surface area contributed by atoms with Crippen molar-refractivity contribution in [2.45, 2.75) is 19.0 Å². The Hall–Kier alpha value is -4.85. The molecule has 4 rings (SSSR count). The summed E-state index contributed by atoms with van der Waals surface area (Å²) in [5.41, 5.74) is 2.28. The minimum Gasteiger partial charge on any atom is -0.493 e. The third-order valence-corrected chi connectivity index (χ3v) is 6.53. The number of para-hydroxylation sites is 1. The van der Waals surface area contributed by atoms with E-state index in [0.717, 1.165) is 5.56 Å². The average Bonchev–Trinajstić information content (AvgIpc) is 3.01. The summed E-state index contributed by atoms with van der Waals surface area (Å²) in [6, 6.07) is 28.6. The number of carbonyl (C=O) groups excluding carboxylic acids is 2. The van der Waals surface area contributed by atoms with Crippen molar-refractivity contribution in [3.63, 3.8) is 0 Å². The minimum atomic E-state index is -0.946. The summed E-state index contributed by atoms with van der Waals surface area (Å²) in [7, 11) is 3.15. The molecule has 1 atom stereocenters. The second-order valence-corrected chi connectivity index (χ2v) is 9.29. The Bertz CT molecular complexity index is 1420. The third kappa shape index (κ3) is 8.08. The molecule has 0 aliphatic heterocycles. The molecule has 0 bridgehead atoms. The molecular formula is C33H33FN2O5. The Morgan fingerprint density at radius 3 is 2.10 bits per heavy atom. The van der Waals surface area contributed by atoms with E-state index in [1.54, 1.807) is 38.5 Å². The van der Waals surface area contributed by atoms with Crippen LogP contribution in [-0.4, -0.2) is 44.1 Å². The fourth-order valence-electron chi connectivity index (χ4n) is 4.43. The largest absolute Gasteiger partial charge is 0.493 e. The topological polar surface area (TPSA) is 77.1 Å². The van der Waals surface area contributed by atoms with E-state index in [9.17, 15) is 14.0 Å². The summed E-state index contributed by atoms with van der Waals surface area (Å²) in [5.74, 6) is 0.656. The molecule has 0 radical (unpaired) electrons. The highest BCUT2D eigenvalue weighted by Crippen LogP contribution is 2.28. The van der Waals surface area contributed by atoms with Crippen LogP contribution in [0.15, 0.2) is 103 Å². The Morgan fingerprint density at radius 2 is 1.44 bits per heavy atom. The maximum Gasteiger partial charge on any atom is 0.261 e. The zero-order chi connectivity index (χ0) is 29.0. The van der Waals surface area contributed by atoms with E-state index < -0.39 is 6.04 Å². The van der Waals surface area contributed by atoms with Gasteiger partial charge in [-0.2, -0.15) is 0 Å². The van der Waals surface area contributed by atoms with E-state index in [1.807, 2.05) is 66.7 Å². The lowest BCUT2D eigenvalue weighted by Gasteiger charge is -2.31. The number of amides is 2. The molecule has 0 spiro atoms. The van der Waals surface area contributed by atoms with E-state index in [4.69, 9.17) is 14.2 Å². The van der Waals surface area contributed by atoms with Crippen molar-refractivity contribution in [2.75, 3.05) is 27.4 Å². The molecule has 2 amide bonds. The minimum absolute atomic E-state index is 0.0833. The zero-order valence-corrected chi connectivity index (χ0v) is 23.1. The van der Waals surface area contributed by atoms with Gasteiger partial charge in [-0.25, -0.2) is 4.39 Å². The van der Waals surface area contributed by atoms with E-state index >= 15 is 0 Å². The maximum atomic E-state index is 13.8. The molecule has 0 saturated heterocycles. The van der Waals surface area contributed by atoms with Crippen LogP contribution < -0.4 is 19.5 Å². The first-order chi connectivity index (χ1) is 20.0. The van der Waals surface area contributed by atoms with Crippen LogP contribution in [0.1, 0.15) is 22.7 Å². The van der Waals surface area contributed by atoms with Crippen LogP contribution in [-0.2, 0) is 22.6 Å². The van der Waals surface area contributed by atoms with Crippen molar-refractivity contribution in [3.05, 3.63) is 126 Å².